The number of benzene rings is 1. The predicted molar refractivity (Wildman–Crippen MR) is 73.8 cm³/mol. The monoisotopic (exact) mass is 245 g/mol. The summed E-state index contributed by atoms with van der Waals surface area (Å²) in [4.78, 5) is 2.70. The molecular formula is C16H23NO. The van der Waals surface area contributed by atoms with Gasteiger partial charge in [-0.1, -0.05) is 25.5 Å². The first-order valence-electron chi connectivity index (χ1n) is 7.37. The van der Waals surface area contributed by atoms with Gasteiger partial charge in [0.05, 0.1) is 0 Å². The largest absolute Gasteiger partial charge is 0.508 e. The second kappa shape index (κ2) is 4.93. The van der Waals surface area contributed by atoms with Crippen LogP contribution >= 0.6 is 0 Å². The molecule has 1 saturated heterocycles. The molecule has 2 unspecified atom stereocenters. The van der Waals surface area contributed by atoms with Crippen LogP contribution in [0.2, 0.25) is 0 Å². The van der Waals surface area contributed by atoms with E-state index in [2.05, 4.69) is 17.9 Å². The van der Waals surface area contributed by atoms with Crippen LogP contribution in [0.5, 0.6) is 5.75 Å². The fourth-order valence-electron chi connectivity index (χ4n) is 3.83. The third-order valence-electron chi connectivity index (χ3n) is 4.76. The number of rotatable bonds is 2. The molecule has 98 valence electrons. The van der Waals surface area contributed by atoms with Crippen LogP contribution in [0.3, 0.4) is 0 Å². The average Bonchev–Trinajstić information content (AvgIpc) is 2.84. The van der Waals surface area contributed by atoms with Crippen molar-refractivity contribution in [3.63, 3.8) is 0 Å². The minimum absolute atomic E-state index is 0.500. The fourth-order valence-corrected chi connectivity index (χ4v) is 3.83. The van der Waals surface area contributed by atoms with Crippen molar-refractivity contribution < 1.29 is 5.11 Å². The van der Waals surface area contributed by atoms with Crippen LogP contribution in [0.4, 0.5) is 0 Å². The van der Waals surface area contributed by atoms with Gasteiger partial charge in [-0.2, -0.15) is 0 Å². The Kier molecular flexibility index (Phi) is 3.29. The minimum Gasteiger partial charge on any atom is -0.508 e. The van der Waals surface area contributed by atoms with Crippen LogP contribution in [0.25, 0.3) is 0 Å². The number of fused-ring (bicyclic) bond motifs is 1. The van der Waals surface area contributed by atoms with Crippen LogP contribution in [-0.4, -0.2) is 22.6 Å². The van der Waals surface area contributed by atoms with Crippen LogP contribution in [0.1, 0.15) is 56.2 Å². The summed E-state index contributed by atoms with van der Waals surface area (Å²) in [6, 6.07) is 7.34. The van der Waals surface area contributed by atoms with Crippen LogP contribution in [0, 0.1) is 0 Å². The quantitative estimate of drug-likeness (QED) is 0.859. The van der Waals surface area contributed by atoms with E-state index < -0.39 is 0 Å². The molecule has 2 nitrogen and oxygen atoms in total. The lowest BCUT2D eigenvalue weighted by Gasteiger charge is -2.40. The van der Waals surface area contributed by atoms with E-state index in [1.54, 1.807) is 0 Å². The second-order valence-electron chi connectivity index (χ2n) is 5.70. The van der Waals surface area contributed by atoms with Crippen LogP contribution in [-0.2, 0) is 6.42 Å². The summed E-state index contributed by atoms with van der Waals surface area (Å²) in [5.41, 5.74) is 2.58. The molecule has 18 heavy (non-hydrogen) atoms. The SMILES string of the molecule is CCC1CCCCN1C1CCc2c(O)cccc21. The summed E-state index contributed by atoms with van der Waals surface area (Å²) >= 11 is 0. The normalized spacial score (nSPS) is 28.3. The molecule has 1 aliphatic heterocycles. The van der Waals surface area contributed by atoms with E-state index in [4.69, 9.17) is 0 Å². The maximum atomic E-state index is 9.95. The molecule has 0 amide bonds. The predicted octanol–water partition coefficient (Wildman–Crippen LogP) is 3.64. The summed E-state index contributed by atoms with van der Waals surface area (Å²) in [6.45, 7) is 3.54. The first kappa shape index (κ1) is 12.0. The third kappa shape index (κ3) is 1.93. The molecule has 2 heteroatoms. The van der Waals surface area contributed by atoms with Crippen molar-refractivity contribution in [1.29, 1.82) is 0 Å². The number of hydrogen-bond donors (Lipinski definition) is 1. The van der Waals surface area contributed by atoms with Crippen molar-refractivity contribution in [2.24, 2.45) is 0 Å². The molecule has 0 bridgehead atoms. The van der Waals surface area contributed by atoms with Gasteiger partial charge < -0.3 is 5.11 Å². The Labute approximate surface area is 110 Å². The highest BCUT2D eigenvalue weighted by atomic mass is 16.3. The number of phenols is 1. The summed E-state index contributed by atoms with van der Waals surface area (Å²) in [6.07, 6.45) is 7.55. The molecular weight excluding hydrogens is 222 g/mol. The van der Waals surface area contributed by atoms with E-state index in [1.807, 2.05) is 12.1 Å². The lowest BCUT2D eigenvalue weighted by atomic mass is 9.95. The van der Waals surface area contributed by atoms with Gasteiger partial charge in [-0.25, -0.2) is 0 Å². The van der Waals surface area contributed by atoms with E-state index in [9.17, 15) is 5.11 Å². The Morgan fingerprint density at radius 3 is 3.00 bits per heavy atom. The van der Waals surface area contributed by atoms with E-state index in [0.717, 1.165) is 12.5 Å². The van der Waals surface area contributed by atoms with Crippen molar-refractivity contribution in [2.75, 3.05) is 6.54 Å². The van der Waals surface area contributed by atoms with Gasteiger partial charge in [0.15, 0.2) is 0 Å². The fraction of sp³-hybridized carbons (Fsp3) is 0.625. The zero-order valence-corrected chi connectivity index (χ0v) is 11.2. The van der Waals surface area contributed by atoms with Crippen molar-refractivity contribution in [3.05, 3.63) is 29.3 Å². The average molecular weight is 245 g/mol. The highest BCUT2D eigenvalue weighted by Gasteiger charge is 2.33. The Balaban J connectivity index is 1.89. The molecule has 2 aliphatic rings. The van der Waals surface area contributed by atoms with Crippen molar-refractivity contribution in [2.45, 2.75) is 57.5 Å². The molecule has 1 N–H and O–H groups in total. The van der Waals surface area contributed by atoms with Gasteiger partial charge in [-0.3, -0.25) is 4.90 Å². The van der Waals surface area contributed by atoms with Gasteiger partial charge in [-0.05, 0) is 55.8 Å². The van der Waals surface area contributed by atoms with Gasteiger partial charge in [0.1, 0.15) is 5.75 Å². The topological polar surface area (TPSA) is 23.5 Å². The van der Waals surface area contributed by atoms with Gasteiger partial charge >= 0.3 is 0 Å². The number of likely N-dealkylation sites (tertiary alicyclic amines) is 1. The molecule has 0 aromatic heterocycles. The van der Waals surface area contributed by atoms with Crippen LogP contribution in [0.15, 0.2) is 18.2 Å². The first-order chi connectivity index (χ1) is 8.81. The van der Waals surface area contributed by atoms with E-state index in [1.165, 1.54) is 49.8 Å². The maximum Gasteiger partial charge on any atom is 0.119 e. The zero-order chi connectivity index (χ0) is 12.5. The lowest BCUT2D eigenvalue weighted by Crippen LogP contribution is -2.41. The highest BCUT2D eigenvalue weighted by Crippen LogP contribution is 2.42. The Morgan fingerprint density at radius 1 is 1.28 bits per heavy atom. The molecule has 1 aromatic rings. The molecule has 1 heterocycles. The molecule has 2 atom stereocenters. The van der Waals surface area contributed by atoms with Gasteiger partial charge in [0, 0.05) is 12.1 Å². The number of piperidine rings is 1. The zero-order valence-electron chi connectivity index (χ0n) is 11.2. The number of aromatic hydroxyl groups is 1. The van der Waals surface area contributed by atoms with E-state index in [0.29, 0.717) is 11.8 Å². The summed E-state index contributed by atoms with van der Waals surface area (Å²) < 4.78 is 0. The Morgan fingerprint density at radius 2 is 2.17 bits per heavy atom. The first-order valence-corrected chi connectivity index (χ1v) is 7.37. The molecule has 0 saturated carbocycles. The third-order valence-corrected chi connectivity index (χ3v) is 4.76. The standard InChI is InChI=1S/C16H23NO/c1-2-12-6-3-4-11-17(12)15-10-9-14-13(15)7-5-8-16(14)18/h5,7-8,12,15,18H,2-4,6,9-11H2,1H3. The van der Waals surface area contributed by atoms with E-state index in [-0.39, 0.29) is 0 Å². The summed E-state index contributed by atoms with van der Waals surface area (Å²) in [7, 11) is 0. The number of nitrogens with zero attached hydrogens (tertiary/aromatic N) is 1. The molecule has 1 fully saturated rings. The van der Waals surface area contributed by atoms with Crippen LogP contribution < -0.4 is 0 Å². The van der Waals surface area contributed by atoms with Crippen molar-refractivity contribution >= 4 is 0 Å². The Hall–Kier alpha value is -1.02. The lowest BCUT2D eigenvalue weighted by molar-refractivity contribution is 0.0916. The maximum absolute atomic E-state index is 9.95. The molecule has 3 rings (SSSR count). The molecule has 1 aromatic carbocycles. The van der Waals surface area contributed by atoms with E-state index >= 15 is 0 Å². The summed E-state index contributed by atoms with van der Waals surface area (Å²) in [5, 5.41) is 9.95. The molecule has 0 radical (unpaired) electrons. The smallest absolute Gasteiger partial charge is 0.119 e. The van der Waals surface area contributed by atoms with Gasteiger partial charge in [0.2, 0.25) is 0 Å². The second-order valence-corrected chi connectivity index (χ2v) is 5.70. The van der Waals surface area contributed by atoms with Crippen molar-refractivity contribution in [3.8, 4) is 5.75 Å². The molecule has 0 spiro atoms. The number of phenolic OH excluding ortho intramolecular Hbond substituents is 1. The Bertz CT molecular complexity index is 429. The van der Waals surface area contributed by atoms with Crippen molar-refractivity contribution in [1.82, 2.24) is 4.90 Å². The highest BCUT2D eigenvalue weighted by molar-refractivity contribution is 5.44. The van der Waals surface area contributed by atoms with Gasteiger partial charge in [0.25, 0.3) is 0 Å². The number of hydrogen-bond acceptors (Lipinski definition) is 2. The minimum atomic E-state index is 0.500. The van der Waals surface area contributed by atoms with Gasteiger partial charge in [-0.15, -0.1) is 0 Å². The molecule has 1 aliphatic carbocycles. The summed E-state index contributed by atoms with van der Waals surface area (Å²) in [5.74, 6) is 0.500.